The molecular formula is C28H27F2N5O. The van der Waals surface area contributed by atoms with E-state index in [0.29, 0.717) is 10.9 Å². The minimum Gasteiger partial charge on any atom is -0.383 e. The zero-order valence-corrected chi connectivity index (χ0v) is 19.8. The van der Waals surface area contributed by atoms with Gasteiger partial charge in [0, 0.05) is 66.7 Å². The number of aromatic amines is 1. The second-order valence-electron chi connectivity index (χ2n) is 9.76. The number of nitrogens with zero attached hydrogens (tertiary/aromatic N) is 3. The van der Waals surface area contributed by atoms with Crippen LogP contribution in [0.15, 0.2) is 59.5 Å². The molecule has 0 atom stereocenters. The molecule has 6 nitrogen and oxygen atoms in total. The fourth-order valence-corrected chi connectivity index (χ4v) is 5.04. The zero-order valence-electron chi connectivity index (χ0n) is 19.8. The summed E-state index contributed by atoms with van der Waals surface area (Å²) in [5.74, 6) is -0.549. The predicted molar refractivity (Wildman–Crippen MR) is 139 cm³/mol. The van der Waals surface area contributed by atoms with Gasteiger partial charge in [0.15, 0.2) is 0 Å². The third-order valence-corrected chi connectivity index (χ3v) is 7.29. The van der Waals surface area contributed by atoms with Crippen molar-refractivity contribution in [3.8, 4) is 22.3 Å². The van der Waals surface area contributed by atoms with Crippen LogP contribution in [0.3, 0.4) is 0 Å². The molecule has 184 valence electrons. The van der Waals surface area contributed by atoms with Gasteiger partial charge in [0.1, 0.15) is 11.6 Å². The summed E-state index contributed by atoms with van der Waals surface area (Å²) in [7, 11) is 0. The van der Waals surface area contributed by atoms with Gasteiger partial charge in [-0.15, -0.1) is 0 Å². The van der Waals surface area contributed by atoms with Gasteiger partial charge in [0.25, 0.3) is 5.56 Å². The SMILES string of the molecule is Nc1nc(F)c(-c2ccc(N3CCN(CC4CC4)CC3)cc2)cc1-c1cc2cc[nH]c(=O)c2cc1F. The molecule has 1 aliphatic heterocycles. The number of H-pyrrole nitrogens is 1. The van der Waals surface area contributed by atoms with Crippen LogP contribution >= 0.6 is 0 Å². The van der Waals surface area contributed by atoms with Crippen LogP contribution in [0.1, 0.15) is 12.8 Å². The lowest BCUT2D eigenvalue weighted by Gasteiger charge is -2.36. The minimum atomic E-state index is -0.713. The highest BCUT2D eigenvalue weighted by Crippen LogP contribution is 2.35. The number of fused-ring (bicyclic) bond motifs is 1. The van der Waals surface area contributed by atoms with Crippen molar-refractivity contribution in [3.05, 3.63) is 76.8 Å². The Labute approximate surface area is 207 Å². The van der Waals surface area contributed by atoms with E-state index in [-0.39, 0.29) is 33.5 Å². The summed E-state index contributed by atoms with van der Waals surface area (Å²) in [6, 6.07) is 13.6. The highest BCUT2D eigenvalue weighted by atomic mass is 19.1. The van der Waals surface area contributed by atoms with Crippen molar-refractivity contribution in [2.75, 3.05) is 43.4 Å². The lowest BCUT2D eigenvalue weighted by molar-refractivity contribution is 0.248. The number of piperazine rings is 1. The molecular weight excluding hydrogens is 460 g/mol. The van der Waals surface area contributed by atoms with Crippen molar-refractivity contribution >= 4 is 22.3 Å². The van der Waals surface area contributed by atoms with Crippen LogP contribution in [0, 0.1) is 17.7 Å². The zero-order chi connectivity index (χ0) is 24.8. The second kappa shape index (κ2) is 9.02. The first kappa shape index (κ1) is 22.7. The smallest absolute Gasteiger partial charge is 0.255 e. The van der Waals surface area contributed by atoms with Crippen LogP contribution in [0.5, 0.6) is 0 Å². The van der Waals surface area contributed by atoms with Gasteiger partial charge in [-0.1, -0.05) is 12.1 Å². The van der Waals surface area contributed by atoms with E-state index in [1.54, 1.807) is 12.1 Å². The minimum absolute atomic E-state index is 0.111. The normalized spacial score (nSPS) is 16.6. The van der Waals surface area contributed by atoms with Crippen molar-refractivity contribution in [2.24, 2.45) is 5.92 Å². The highest BCUT2D eigenvalue weighted by Gasteiger charge is 2.26. The van der Waals surface area contributed by atoms with Crippen LogP contribution in [0.25, 0.3) is 33.0 Å². The molecule has 4 aromatic rings. The summed E-state index contributed by atoms with van der Waals surface area (Å²) >= 11 is 0. The molecule has 0 radical (unpaired) electrons. The molecule has 6 rings (SSSR count). The van der Waals surface area contributed by atoms with Gasteiger partial charge in [-0.25, -0.2) is 9.37 Å². The van der Waals surface area contributed by atoms with E-state index in [9.17, 15) is 9.18 Å². The average molecular weight is 488 g/mol. The van der Waals surface area contributed by atoms with Crippen molar-refractivity contribution in [3.63, 3.8) is 0 Å². The molecule has 0 unspecified atom stereocenters. The van der Waals surface area contributed by atoms with Gasteiger partial charge in [-0.3, -0.25) is 9.69 Å². The Morgan fingerprint density at radius 1 is 0.944 bits per heavy atom. The number of aromatic nitrogens is 2. The van der Waals surface area contributed by atoms with E-state index >= 15 is 4.39 Å². The van der Waals surface area contributed by atoms with Crippen LogP contribution in [-0.4, -0.2) is 47.6 Å². The van der Waals surface area contributed by atoms with Gasteiger partial charge < -0.3 is 15.6 Å². The first-order valence-electron chi connectivity index (χ1n) is 12.3. The Hall–Kier alpha value is -3.78. The van der Waals surface area contributed by atoms with E-state index < -0.39 is 11.8 Å². The van der Waals surface area contributed by atoms with E-state index in [1.807, 2.05) is 24.3 Å². The van der Waals surface area contributed by atoms with Gasteiger partial charge in [-0.05, 0) is 66.1 Å². The molecule has 0 spiro atoms. The molecule has 0 bridgehead atoms. The number of anilines is 2. The fourth-order valence-electron chi connectivity index (χ4n) is 5.04. The Kier molecular flexibility index (Phi) is 5.68. The number of pyridine rings is 2. The van der Waals surface area contributed by atoms with E-state index in [1.165, 1.54) is 37.7 Å². The van der Waals surface area contributed by atoms with Crippen LogP contribution in [0.4, 0.5) is 20.3 Å². The van der Waals surface area contributed by atoms with Crippen molar-refractivity contribution < 1.29 is 8.78 Å². The molecule has 8 heteroatoms. The first-order valence-corrected chi connectivity index (χ1v) is 12.3. The van der Waals surface area contributed by atoms with Gasteiger partial charge in [0.05, 0.1) is 0 Å². The monoisotopic (exact) mass is 487 g/mol. The quantitative estimate of drug-likeness (QED) is 0.401. The standard InChI is InChI=1S/C28H27F2N5O/c29-25-15-22-19(7-8-32-28(22)36)13-23(25)24-14-21(26(30)33-27(24)31)18-3-5-20(6-4-18)35-11-9-34(10-12-35)16-17-1-2-17/h3-8,13-15,17H,1-2,9-12,16H2,(H2,31,33)(H,32,36). The summed E-state index contributed by atoms with van der Waals surface area (Å²) in [4.78, 5) is 23.3. The summed E-state index contributed by atoms with van der Waals surface area (Å²) in [6.07, 6.45) is 4.24. The molecule has 3 heterocycles. The Morgan fingerprint density at radius 3 is 2.42 bits per heavy atom. The number of hydrogen-bond acceptors (Lipinski definition) is 5. The Balaban J connectivity index is 1.28. The lowest BCUT2D eigenvalue weighted by Crippen LogP contribution is -2.47. The Morgan fingerprint density at radius 2 is 1.69 bits per heavy atom. The summed E-state index contributed by atoms with van der Waals surface area (Å²) in [5.41, 5.74) is 8.05. The number of nitrogens with two attached hydrogens (primary N) is 1. The van der Waals surface area contributed by atoms with Gasteiger partial charge in [0.2, 0.25) is 5.95 Å². The van der Waals surface area contributed by atoms with Crippen molar-refractivity contribution in [1.82, 2.24) is 14.9 Å². The molecule has 1 aliphatic carbocycles. The Bertz CT molecular complexity index is 1490. The topological polar surface area (TPSA) is 78.2 Å². The third kappa shape index (κ3) is 4.33. The fraction of sp³-hybridized carbons (Fsp3) is 0.286. The molecule has 1 saturated carbocycles. The summed E-state index contributed by atoms with van der Waals surface area (Å²) in [5, 5.41) is 0.790. The molecule has 2 aromatic carbocycles. The number of halogens is 2. The van der Waals surface area contributed by atoms with E-state index in [0.717, 1.165) is 37.8 Å². The first-order chi connectivity index (χ1) is 17.5. The number of rotatable bonds is 5. The van der Waals surface area contributed by atoms with Crippen LogP contribution in [0.2, 0.25) is 0 Å². The van der Waals surface area contributed by atoms with Gasteiger partial charge >= 0.3 is 0 Å². The van der Waals surface area contributed by atoms with Crippen molar-refractivity contribution in [1.29, 1.82) is 0 Å². The maximum atomic E-state index is 15.0. The lowest BCUT2D eigenvalue weighted by atomic mass is 9.98. The van der Waals surface area contributed by atoms with Crippen LogP contribution < -0.4 is 16.2 Å². The largest absolute Gasteiger partial charge is 0.383 e. The summed E-state index contributed by atoms with van der Waals surface area (Å²) in [6.45, 7) is 5.27. The predicted octanol–water partition coefficient (Wildman–Crippen LogP) is 4.65. The number of nitrogens with one attached hydrogen (secondary N) is 1. The molecule has 1 saturated heterocycles. The molecule has 2 fully saturated rings. The third-order valence-electron chi connectivity index (χ3n) is 7.29. The van der Waals surface area contributed by atoms with E-state index in [4.69, 9.17) is 5.73 Å². The van der Waals surface area contributed by atoms with Crippen LogP contribution in [-0.2, 0) is 0 Å². The average Bonchev–Trinajstić information content (AvgIpc) is 3.69. The van der Waals surface area contributed by atoms with Gasteiger partial charge in [-0.2, -0.15) is 4.39 Å². The number of hydrogen-bond donors (Lipinski definition) is 2. The summed E-state index contributed by atoms with van der Waals surface area (Å²) < 4.78 is 29.9. The number of benzene rings is 2. The molecule has 2 aliphatic rings. The molecule has 2 aromatic heterocycles. The molecule has 0 amide bonds. The maximum Gasteiger partial charge on any atom is 0.255 e. The maximum absolute atomic E-state index is 15.0. The highest BCUT2D eigenvalue weighted by molar-refractivity contribution is 5.89. The van der Waals surface area contributed by atoms with Crippen molar-refractivity contribution in [2.45, 2.75) is 12.8 Å². The van der Waals surface area contributed by atoms with E-state index in [2.05, 4.69) is 19.8 Å². The molecule has 36 heavy (non-hydrogen) atoms. The second-order valence-corrected chi connectivity index (χ2v) is 9.76. The number of nitrogen functional groups attached to an aromatic ring is 1. The molecule has 3 N–H and O–H groups in total.